The van der Waals surface area contributed by atoms with Crippen LogP contribution in [0.2, 0.25) is 0 Å². The maximum absolute atomic E-state index is 13.3. The second kappa shape index (κ2) is 5.06. The van der Waals surface area contributed by atoms with Crippen LogP contribution < -0.4 is 0 Å². The molecule has 18 heavy (non-hydrogen) atoms. The number of rotatable bonds is 5. The summed E-state index contributed by atoms with van der Waals surface area (Å²) in [6, 6.07) is 4.79. The Balaban J connectivity index is 2.08. The number of nitrogens with zero attached hydrogens (tertiary/aromatic N) is 1. The number of aromatic carboxylic acids is 1. The van der Waals surface area contributed by atoms with Crippen molar-refractivity contribution in [2.45, 2.75) is 32.4 Å². The lowest BCUT2D eigenvalue weighted by Crippen LogP contribution is -2.30. The second-order valence-electron chi connectivity index (χ2n) is 5.11. The zero-order chi connectivity index (χ0) is 13.3. The Hall–Kier alpha value is -1.42. The van der Waals surface area contributed by atoms with Crippen molar-refractivity contribution in [1.29, 1.82) is 0 Å². The molecule has 3 nitrogen and oxygen atoms in total. The van der Waals surface area contributed by atoms with E-state index in [0.29, 0.717) is 12.6 Å². The van der Waals surface area contributed by atoms with Crippen LogP contribution in [0.15, 0.2) is 18.2 Å². The van der Waals surface area contributed by atoms with Crippen molar-refractivity contribution in [2.75, 3.05) is 7.05 Å². The zero-order valence-corrected chi connectivity index (χ0v) is 10.7. The SMILES string of the molecule is CC(C1CC1)N(C)Cc1ccc(F)c(C(=O)O)c1. The number of hydrogen-bond acceptors (Lipinski definition) is 2. The molecule has 1 N–H and O–H groups in total. The summed E-state index contributed by atoms with van der Waals surface area (Å²) in [5, 5.41) is 8.88. The molecule has 1 fully saturated rings. The molecule has 1 unspecified atom stereocenters. The summed E-state index contributed by atoms with van der Waals surface area (Å²) in [5.74, 6) is -1.13. The predicted octanol–water partition coefficient (Wildman–Crippen LogP) is 2.75. The molecular weight excluding hydrogens is 233 g/mol. The Morgan fingerprint density at radius 1 is 1.56 bits per heavy atom. The van der Waals surface area contributed by atoms with Crippen LogP contribution in [0, 0.1) is 11.7 Å². The first-order chi connectivity index (χ1) is 8.49. The molecule has 0 aliphatic heterocycles. The highest BCUT2D eigenvalue weighted by molar-refractivity contribution is 5.88. The van der Waals surface area contributed by atoms with E-state index in [0.717, 1.165) is 11.5 Å². The highest BCUT2D eigenvalue weighted by Crippen LogP contribution is 2.35. The molecule has 1 saturated carbocycles. The van der Waals surface area contributed by atoms with Gasteiger partial charge in [-0.2, -0.15) is 0 Å². The van der Waals surface area contributed by atoms with Gasteiger partial charge in [-0.05, 0) is 50.4 Å². The zero-order valence-electron chi connectivity index (χ0n) is 10.7. The van der Waals surface area contributed by atoms with Crippen molar-refractivity contribution in [3.05, 3.63) is 35.1 Å². The Labute approximate surface area is 106 Å². The number of benzene rings is 1. The molecule has 0 amide bonds. The molecule has 0 heterocycles. The van der Waals surface area contributed by atoms with Gasteiger partial charge in [-0.25, -0.2) is 9.18 Å². The van der Waals surface area contributed by atoms with Gasteiger partial charge in [0.1, 0.15) is 5.82 Å². The van der Waals surface area contributed by atoms with Gasteiger partial charge in [0.05, 0.1) is 5.56 Å². The smallest absolute Gasteiger partial charge is 0.338 e. The van der Waals surface area contributed by atoms with Gasteiger partial charge < -0.3 is 5.11 Å². The van der Waals surface area contributed by atoms with Gasteiger partial charge >= 0.3 is 5.97 Å². The van der Waals surface area contributed by atoms with E-state index in [4.69, 9.17) is 5.11 Å². The maximum Gasteiger partial charge on any atom is 0.338 e. The topological polar surface area (TPSA) is 40.5 Å². The van der Waals surface area contributed by atoms with Gasteiger partial charge in [0.2, 0.25) is 0 Å². The molecular formula is C14H18FNO2. The molecule has 0 radical (unpaired) electrons. The standard InChI is InChI=1S/C14H18FNO2/c1-9(11-4-5-11)16(2)8-10-3-6-13(15)12(7-10)14(17)18/h3,6-7,9,11H,4-5,8H2,1-2H3,(H,17,18). The monoisotopic (exact) mass is 251 g/mol. The van der Waals surface area contributed by atoms with Crippen molar-refractivity contribution in [1.82, 2.24) is 4.90 Å². The summed E-state index contributed by atoms with van der Waals surface area (Å²) >= 11 is 0. The fourth-order valence-corrected chi connectivity index (χ4v) is 2.21. The number of carboxylic acids is 1. The third-order valence-electron chi connectivity index (χ3n) is 3.69. The largest absolute Gasteiger partial charge is 0.478 e. The van der Waals surface area contributed by atoms with Crippen molar-refractivity contribution in [3.63, 3.8) is 0 Å². The van der Waals surface area contributed by atoms with Gasteiger partial charge in [0.15, 0.2) is 0 Å². The summed E-state index contributed by atoms with van der Waals surface area (Å²) in [7, 11) is 2.02. The third-order valence-corrected chi connectivity index (χ3v) is 3.69. The van der Waals surface area contributed by atoms with Crippen LogP contribution in [0.5, 0.6) is 0 Å². The summed E-state index contributed by atoms with van der Waals surface area (Å²) in [6.45, 7) is 2.83. The molecule has 98 valence electrons. The van der Waals surface area contributed by atoms with Crippen LogP contribution in [0.25, 0.3) is 0 Å². The van der Waals surface area contributed by atoms with Gasteiger partial charge in [0.25, 0.3) is 0 Å². The minimum Gasteiger partial charge on any atom is -0.478 e. The lowest BCUT2D eigenvalue weighted by Gasteiger charge is -2.24. The fraction of sp³-hybridized carbons (Fsp3) is 0.500. The Bertz CT molecular complexity index is 457. The van der Waals surface area contributed by atoms with Crippen LogP contribution in [0.4, 0.5) is 4.39 Å². The molecule has 0 bridgehead atoms. The van der Waals surface area contributed by atoms with Gasteiger partial charge in [-0.3, -0.25) is 4.90 Å². The van der Waals surface area contributed by atoms with Crippen molar-refractivity contribution >= 4 is 5.97 Å². The number of carbonyl (C=O) groups is 1. The third kappa shape index (κ3) is 2.88. The van der Waals surface area contributed by atoms with E-state index in [1.807, 2.05) is 7.05 Å². The van der Waals surface area contributed by atoms with Crippen LogP contribution in [0.1, 0.15) is 35.7 Å². The average Bonchev–Trinajstić information content (AvgIpc) is 3.14. The van der Waals surface area contributed by atoms with E-state index < -0.39 is 11.8 Å². The molecule has 0 saturated heterocycles. The van der Waals surface area contributed by atoms with Crippen LogP contribution >= 0.6 is 0 Å². The first-order valence-electron chi connectivity index (χ1n) is 6.21. The molecule has 1 aliphatic rings. The Morgan fingerprint density at radius 2 is 2.22 bits per heavy atom. The predicted molar refractivity (Wildman–Crippen MR) is 67.0 cm³/mol. The van der Waals surface area contributed by atoms with E-state index in [9.17, 15) is 9.18 Å². The summed E-state index contributed by atoms with van der Waals surface area (Å²) in [6.07, 6.45) is 2.55. The molecule has 1 aromatic carbocycles. The first-order valence-corrected chi connectivity index (χ1v) is 6.21. The molecule has 1 aliphatic carbocycles. The number of halogens is 1. The highest BCUT2D eigenvalue weighted by Gasteiger charge is 2.30. The molecule has 2 rings (SSSR count). The highest BCUT2D eigenvalue weighted by atomic mass is 19.1. The average molecular weight is 251 g/mol. The number of carboxylic acid groups (broad SMARTS) is 1. The van der Waals surface area contributed by atoms with Crippen molar-refractivity contribution in [2.24, 2.45) is 5.92 Å². The van der Waals surface area contributed by atoms with Gasteiger partial charge in [0, 0.05) is 12.6 Å². The van der Waals surface area contributed by atoms with Gasteiger partial charge in [-0.15, -0.1) is 0 Å². The van der Waals surface area contributed by atoms with E-state index in [1.54, 1.807) is 6.07 Å². The minimum atomic E-state index is -1.22. The Morgan fingerprint density at radius 3 is 2.78 bits per heavy atom. The lowest BCUT2D eigenvalue weighted by molar-refractivity contribution is 0.0691. The Kier molecular flexibility index (Phi) is 3.66. The summed E-state index contributed by atoms with van der Waals surface area (Å²) < 4.78 is 13.3. The first kappa shape index (κ1) is 13.0. The molecule has 1 atom stereocenters. The minimum absolute atomic E-state index is 0.250. The maximum atomic E-state index is 13.3. The molecule has 1 aromatic rings. The van der Waals surface area contributed by atoms with E-state index in [2.05, 4.69) is 11.8 Å². The van der Waals surface area contributed by atoms with Crippen LogP contribution in [-0.2, 0) is 6.54 Å². The van der Waals surface area contributed by atoms with Gasteiger partial charge in [-0.1, -0.05) is 6.07 Å². The van der Waals surface area contributed by atoms with E-state index >= 15 is 0 Å². The number of hydrogen-bond donors (Lipinski definition) is 1. The molecule has 0 aromatic heterocycles. The van der Waals surface area contributed by atoms with E-state index in [1.165, 1.54) is 25.0 Å². The quantitative estimate of drug-likeness (QED) is 0.874. The van der Waals surface area contributed by atoms with Crippen molar-refractivity contribution < 1.29 is 14.3 Å². The van der Waals surface area contributed by atoms with Crippen LogP contribution in [-0.4, -0.2) is 29.1 Å². The van der Waals surface area contributed by atoms with Crippen molar-refractivity contribution in [3.8, 4) is 0 Å². The van der Waals surface area contributed by atoms with Crippen LogP contribution in [0.3, 0.4) is 0 Å². The molecule has 0 spiro atoms. The fourth-order valence-electron chi connectivity index (χ4n) is 2.21. The van der Waals surface area contributed by atoms with E-state index in [-0.39, 0.29) is 5.56 Å². The molecule has 4 heteroatoms. The summed E-state index contributed by atoms with van der Waals surface area (Å²) in [5.41, 5.74) is 0.587. The second-order valence-corrected chi connectivity index (χ2v) is 5.11. The lowest BCUT2D eigenvalue weighted by atomic mass is 10.1. The normalized spacial score (nSPS) is 16.9. The summed E-state index contributed by atoms with van der Waals surface area (Å²) in [4.78, 5) is 13.0.